The Morgan fingerprint density at radius 1 is 1.44 bits per heavy atom. The summed E-state index contributed by atoms with van der Waals surface area (Å²) in [7, 11) is 1.54. The second-order valence-electron chi connectivity index (χ2n) is 3.81. The topological polar surface area (TPSA) is 87.7 Å². The van der Waals surface area contributed by atoms with Crippen LogP contribution in [0.25, 0.3) is 0 Å². The van der Waals surface area contributed by atoms with Gasteiger partial charge in [-0.3, -0.25) is 4.79 Å². The van der Waals surface area contributed by atoms with Crippen molar-refractivity contribution in [2.24, 2.45) is 5.92 Å². The Balaban J connectivity index is 2.46. The van der Waals surface area contributed by atoms with Crippen LogP contribution in [0.1, 0.15) is 6.92 Å². The Bertz CT molecular complexity index is 434. The lowest BCUT2D eigenvalue weighted by Gasteiger charge is -2.10. The third kappa shape index (κ3) is 4.32. The normalized spacial score (nSPS) is 11.4. The van der Waals surface area contributed by atoms with Gasteiger partial charge in [0.2, 0.25) is 0 Å². The Hall–Kier alpha value is -2.24. The van der Waals surface area contributed by atoms with Crippen molar-refractivity contribution in [3.05, 3.63) is 24.3 Å². The molecule has 0 saturated carbocycles. The van der Waals surface area contributed by atoms with E-state index in [0.717, 1.165) is 0 Å². The summed E-state index contributed by atoms with van der Waals surface area (Å²) in [6.45, 7) is 1.60. The second-order valence-corrected chi connectivity index (χ2v) is 3.81. The van der Waals surface area contributed by atoms with Gasteiger partial charge in [-0.1, -0.05) is 13.0 Å². The fourth-order valence-corrected chi connectivity index (χ4v) is 1.21. The number of carboxylic acids is 1. The molecule has 0 fully saturated rings. The molecule has 18 heavy (non-hydrogen) atoms. The highest BCUT2D eigenvalue weighted by Crippen LogP contribution is 2.16. The molecule has 1 rings (SSSR count). The number of carbonyl (C=O) groups excluding carboxylic acids is 1. The Labute approximate surface area is 105 Å². The number of methoxy groups -OCH3 is 1. The average Bonchev–Trinajstić information content (AvgIpc) is 2.36. The van der Waals surface area contributed by atoms with E-state index in [4.69, 9.17) is 9.84 Å². The van der Waals surface area contributed by atoms with Gasteiger partial charge in [0.15, 0.2) is 0 Å². The maximum Gasteiger partial charge on any atom is 0.319 e. The summed E-state index contributed by atoms with van der Waals surface area (Å²) < 4.78 is 5.02. The molecular formula is C12H16N2O4. The van der Waals surface area contributed by atoms with Gasteiger partial charge in [0, 0.05) is 18.3 Å². The molecule has 0 radical (unpaired) electrons. The summed E-state index contributed by atoms with van der Waals surface area (Å²) in [5.74, 6) is -0.940. The van der Waals surface area contributed by atoms with E-state index in [-0.39, 0.29) is 6.54 Å². The van der Waals surface area contributed by atoms with E-state index < -0.39 is 17.9 Å². The number of carbonyl (C=O) groups is 2. The molecule has 0 saturated heterocycles. The summed E-state index contributed by atoms with van der Waals surface area (Å²) in [5.41, 5.74) is 0.579. The van der Waals surface area contributed by atoms with Gasteiger partial charge >= 0.3 is 12.0 Å². The largest absolute Gasteiger partial charge is 0.497 e. The molecule has 0 aliphatic carbocycles. The highest BCUT2D eigenvalue weighted by molar-refractivity contribution is 5.89. The van der Waals surface area contributed by atoms with Gasteiger partial charge in [-0.2, -0.15) is 0 Å². The van der Waals surface area contributed by atoms with Crippen LogP contribution >= 0.6 is 0 Å². The van der Waals surface area contributed by atoms with E-state index in [0.29, 0.717) is 11.4 Å². The number of urea groups is 1. The van der Waals surface area contributed by atoms with Crippen LogP contribution in [0.5, 0.6) is 5.75 Å². The van der Waals surface area contributed by atoms with Crippen molar-refractivity contribution in [3.8, 4) is 5.75 Å². The maximum absolute atomic E-state index is 11.5. The number of nitrogens with one attached hydrogen (secondary N) is 2. The predicted octanol–water partition coefficient (Wildman–Crippen LogP) is 1.54. The lowest BCUT2D eigenvalue weighted by molar-refractivity contribution is -0.140. The molecule has 6 heteroatoms. The number of anilines is 1. The van der Waals surface area contributed by atoms with Crippen molar-refractivity contribution in [1.82, 2.24) is 5.32 Å². The van der Waals surface area contributed by atoms with Gasteiger partial charge < -0.3 is 20.5 Å². The number of hydrogen-bond donors (Lipinski definition) is 3. The average molecular weight is 252 g/mol. The van der Waals surface area contributed by atoms with Crippen molar-refractivity contribution in [3.63, 3.8) is 0 Å². The van der Waals surface area contributed by atoms with E-state index in [1.165, 1.54) is 14.0 Å². The maximum atomic E-state index is 11.5. The zero-order valence-corrected chi connectivity index (χ0v) is 10.3. The van der Waals surface area contributed by atoms with Crippen LogP contribution in [-0.2, 0) is 4.79 Å². The third-order valence-corrected chi connectivity index (χ3v) is 2.32. The number of rotatable bonds is 5. The molecule has 1 atom stereocenters. The monoisotopic (exact) mass is 252 g/mol. The minimum atomic E-state index is -0.948. The van der Waals surface area contributed by atoms with Crippen LogP contribution in [-0.4, -0.2) is 30.8 Å². The summed E-state index contributed by atoms with van der Waals surface area (Å²) in [6.07, 6.45) is 0. The SMILES string of the molecule is COc1cccc(NC(=O)NCC(C)C(=O)O)c1. The molecule has 0 aromatic heterocycles. The van der Waals surface area contributed by atoms with Gasteiger partial charge in [-0.15, -0.1) is 0 Å². The minimum Gasteiger partial charge on any atom is -0.497 e. The molecular weight excluding hydrogens is 236 g/mol. The number of hydrogen-bond acceptors (Lipinski definition) is 3. The van der Waals surface area contributed by atoms with E-state index in [2.05, 4.69) is 10.6 Å². The molecule has 1 aromatic carbocycles. The highest BCUT2D eigenvalue weighted by atomic mass is 16.5. The van der Waals surface area contributed by atoms with Gasteiger partial charge in [-0.05, 0) is 12.1 Å². The summed E-state index contributed by atoms with van der Waals surface area (Å²) >= 11 is 0. The highest BCUT2D eigenvalue weighted by Gasteiger charge is 2.12. The molecule has 0 heterocycles. The zero-order valence-electron chi connectivity index (χ0n) is 10.3. The van der Waals surface area contributed by atoms with Gasteiger partial charge in [0.05, 0.1) is 13.0 Å². The molecule has 0 bridgehead atoms. The molecule has 6 nitrogen and oxygen atoms in total. The van der Waals surface area contributed by atoms with Crippen molar-refractivity contribution in [1.29, 1.82) is 0 Å². The summed E-state index contributed by atoms with van der Waals surface area (Å²) in [4.78, 5) is 22.0. The van der Waals surface area contributed by atoms with Gasteiger partial charge in [0.25, 0.3) is 0 Å². The molecule has 0 spiro atoms. The molecule has 1 aromatic rings. The number of aliphatic carboxylic acids is 1. The molecule has 98 valence electrons. The number of carboxylic acid groups (broad SMARTS) is 1. The third-order valence-electron chi connectivity index (χ3n) is 2.32. The van der Waals surface area contributed by atoms with Gasteiger partial charge in [-0.25, -0.2) is 4.79 Å². The van der Waals surface area contributed by atoms with E-state index in [1.54, 1.807) is 24.3 Å². The minimum absolute atomic E-state index is 0.0745. The fourth-order valence-electron chi connectivity index (χ4n) is 1.21. The second kappa shape index (κ2) is 6.48. The Morgan fingerprint density at radius 3 is 2.78 bits per heavy atom. The lowest BCUT2D eigenvalue weighted by Crippen LogP contribution is -2.34. The fraction of sp³-hybridized carbons (Fsp3) is 0.333. The van der Waals surface area contributed by atoms with Crippen LogP contribution in [0.15, 0.2) is 24.3 Å². The van der Waals surface area contributed by atoms with Gasteiger partial charge in [0.1, 0.15) is 5.75 Å². The number of ether oxygens (including phenoxy) is 1. The molecule has 3 N–H and O–H groups in total. The summed E-state index contributed by atoms with van der Waals surface area (Å²) in [5, 5.41) is 13.7. The van der Waals surface area contributed by atoms with Crippen LogP contribution in [0.2, 0.25) is 0 Å². The lowest BCUT2D eigenvalue weighted by atomic mass is 10.2. The van der Waals surface area contributed by atoms with Crippen LogP contribution in [0, 0.1) is 5.92 Å². The number of benzene rings is 1. The smallest absolute Gasteiger partial charge is 0.319 e. The number of amides is 2. The van der Waals surface area contributed by atoms with Crippen LogP contribution < -0.4 is 15.4 Å². The first kappa shape index (κ1) is 13.8. The van der Waals surface area contributed by atoms with Crippen molar-refractivity contribution in [2.45, 2.75) is 6.92 Å². The predicted molar refractivity (Wildman–Crippen MR) is 66.8 cm³/mol. The molecule has 0 aliphatic rings. The molecule has 2 amide bonds. The molecule has 0 aliphatic heterocycles. The van der Waals surface area contributed by atoms with Crippen molar-refractivity contribution in [2.75, 3.05) is 19.0 Å². The van der Waals surface area contributed by atoms with Crippen LogP contribution in [0.4, 0.5) is 10.5 Å². The van der Waals surface area contributed by atoms with Crippen molar-refractivity contribution < 1.29 is 19.4 Å². The zero-order chi connectivity index (χ0) is 13.5. The van der Waals surface area contributed by atoms with Crippen LogP contribution in [0.3, 0.4) is 0 Å². The first-order valence-corrected chi connectivity index (χ1v) is 5.44. The Kier molecular flexibility index (Phi) is 4.98. The van der Waals surface area contributed by atoms with E-state index in [1.807, 2.05) is 0 Å². The van der Waals surface area contributed by atoms with E-state index >= 15 is 0 Å². The van der Waals surface area contributed by atoms with Crippen molar-refractivity contribution >= 4 is 17.7 Å². The first-order valence-electron chi connectivity index (χ1n) is 5.44. The molecule has 1 unspecified atom stereocenters. The Morgan fingerprint density at radius 2 is 2.17 bits per heavy atom. The summed E-state index contributed by atoms with van der Waals surface area (Å²) in [6, 6.07) is 6.43. The standard InChI is InChI=1S/C12H16N2O4/c1-8(11(15)16)7-13-12(17)14-9-4-3-5-10(6-9)18-2/h3-6,8H,7H2,1-2H3,(H,15,16)(H2,13,14,17). The first-order chi connectivity index (χ1) is 8.52. The quantitative estimate of drug-likeness (QED) is 0.741. The van der Waals surface area contributed by atoms with E-state index in [9.17, 15) is 9.59 Å².